The predicted octanol–water partition coefficient (Wildman–Crippen LogP) is 2.55. The highest BCUT2D eigenvalue weighted by Crippen LogP contribution is 2.34. The second kappa shape index (κ2) is 3.61. The van der Waals surface area contributed by atoms with Gasteiger partial charge in [-0.2, -0.15) is 0 Å². The van der Waals surface area contributed by atoms with Crippen LogP contribution in [0.15, 0.2) is 17.5 Å². The van der Waals surface area contributed by atoms with E-state index in [1.807, 2.05) is 23.1 Å². The Morgan fingerprint density at radius 3 is 3.18 bits per heavy atom. The molecule has 0 aliphatic carbocycles. The summed E-state index contributed by atoms with van der Waals surface area (Å²) >= 11 is 3.83. The van der Waals surface area contributed by atoms with E-state index in [1.54, 1.807) is 0 Å². The van der Waals surface area contributed by atoms with E-state index in [4.69, 9.17) is 4.74 Å². The molecule has 2 rings (SSSR count). The number of hydrogen-bond acceptors (Lipinski definition) is 3. The summed E-state index contributed by atoms with van der Waals surface area (Å²) in [7, 11) is 0. The lowest BCUT2D eigenvalue weighted by Crippen LogP contribution is -2.13. The summed E-state index contributed by atoms with van der Waals surface area (Å²) in [4.78, 5) is 1.45. The summed E-state index contributed by atoms with van der Waals surface area (Å²) in [5, 5.41) is 2.73. The highest BCUT2D eigenvalue weighted by Gasteiger charge is 2.16. The molecular formula is C8H10OS2. The van der Waals surface area contributed by atoms with Gasteiger partial charge in [0.2, 0.25) is 0 Å². The Bertz CT molecular complexity index is 202. The van der Waals surface area contributed by atoms with Gasteiger partial charge in [0.15, 0.2) is 0 Å². The largest absolute Gasteiger partial charge is 0.379 e. The number of thioether (sulfide) groups is 1. The van der Waals surface area contributed by atoms with Gasteiger partial charge in [-0.15, -0.1) is 23.1 Å². The molecule has 1 aromatic heterocycles. The quantitative estimate of drug-likeness (QED) is 0.666. The van der Waals surface area contributed by atoms with Crippen molar-refractivity contribution in [2.45, 2.75) is 5.25 Å². The maximum atomic E-state index is 5.39. The molecule has 1 fully saturated rings. The lowest BCUT2D eigenvalue weighted by molar-refractivity contribution is 0.144. The van der Waals surface area contributed by atoms with Crippen molar-refractivity contribution in [3.63, 3.8) is 0 Å². The molecule has 1 atom stereocenters. The third kappa shape index (κ3) is 1.78. The van der Waals surface area contributed by atoms with Gasteiger partial charge in [0.25, 0.3) is 0 Å². The van der Waals surface area contributed by atoms with Crippen LogP contribution < -0.4 is 0 Å². The first-order valence-corrected chi connectivity index (χ1v) is 5.62. The van der Waals surface area contributed by atoms with Crippen molar-refractivity contribution >= 4 is 23.1 Å². The smallest absolute Gasteiger partial charge is 0.0634 e. The van der Waals surface area contributed by atoms with E-state index in [-0.39, 0.29) is 0 Å². The molecular weight excluding hydrogens is 176 g/mol. The zero-order chi connectivity index (χ0) is 7.52. The third-order valence-electron chi connectivity index (χ3n) is 1.68. The number of hydrogen-bond donors (Lipinski definition) is 0. The molecule has 1 saturated heterocycles. The Kier molecular flexibility index (Phi) is 2.51. The first-order valence-electron chi connectivity index (χ1n) is 3.69. The van der Waals surface area contributed by atoms with E-state index < -0.39 is 0 Å². The van der Waals surface area contributed by atoms with Gasteiger partial charge in [0.05, 0.1) is 18.5 Å². The maximum Gasteiger partial charge on any atom is 0.0634 e. The van der Waals surface area contributed by atoms with Gasteiger partial charge in [-0.05, 0) is 11.4 Å². The van der Waals surface area contributed by atoms with Crippen molar-refractivity contribution in [3.8, 4) is 0 Å². The molecule has 60 valence electrons. The van der Waals surface area contributed by atoms with Crippen LogP contribution in [-0.4, -0.2) is 19.0 Å². The summed E-state index contributed by atoms with van der Waals surface area (Å²) in [6.45, 7) is 1.82. The minimum atomic E-state index is 0.601. The van der Waals surface area contributed by atoms with E-state index in [0.29, 0.717) is 5.25 Å². The molecule has 0 saturated carbocycles. The van der Waals surface area contributed by atoms with Crippen molar-refractivity contribution < 1.29 is 4.74 Å². The summed E-state index contributed by atoms with van der Waals surface area (Å²) in [6, 6.07) is 4.30. The molecule has 2 heterocycles. The van der Waals surface area contributed by atoms with Crippen molar-refractivity contribution in [2.24, 2.45) is 0 Å². The standard InChI is InChI=1S/C8H10OS2/c1-2-7(10-4-1)8-6-9-3-5-11-8/h1-2,4,8H,3,5-6H2. The van der Waals surface area contributed by atoms with Crippen LogP contribution in [0.25, 0.3) is 0 Å². The molecule has 0 bridgehead atoms. The first-order chi connectivity index (χ1) is 5.47. The Labute approximate surface area is 74.8 Å². The molecule has 1 unspecified atom stereocenters. The van der Waals surface area contributed by atoms with Crippen LogP contribution in [0.5, 0.6) is 0 Å². The third-order valence-corrected chi connectivity index (χ3v) is 4.01. The van der Waals surface area contributed by atoms with Crippen LogP contribution in [0.4, 0.5) is 0 Å². The SMILES string of the molecule is c1csc(C2COCCS2)c1. The van der Waals surface area contributed by atoms with E-state index in [2.05, 4.69) is 17.5 Å². The monoisotopic (exact) mass is 186 g/mol. The number of rotatable bonds is 1. The summed E-state index contributed by atoms with van der Waals surface area (Å²) in [5.41, 5.74) is 0. The van der Waals surface area contributed by atoms with Gasteiger partial charge in [0.1, 0.15) is 0 Å². The molecule has 1 aliphatic rings. The average Bonchev–Trinajstić information content (AvgIpc) is 2.58. The van der Waals surface area contributed by atoms with Crippen LogP contribution in [0.3, 0.4) is 0 Å². The summed E-state index contributed by atoms with van der Waals surface area (Å²) < 4.78 is 5.39. The molecule has 1 aliphatic heterocycles. The first kappa shape index (κ1) is 7.65. The van der Waals surface area contributed by atoms with E-state index in [1.165, 1.54) is 4.88 Å². The molecule has 0 N–H and O–H groups in total. The van der Waals surface area contributed by atoms with E-state index in [9.17, 15) is 0 Å². The van der Waals surface area contributed by atoms with E-state index >= 15 is 0 Å². The van der Waals surface area contributed by atoms with Gasteiger partial charge in [-0.3, -0.25) is 0 Å². The molecule has 11 heavy (non-hydrogen) atoms. The number of thiophene rings is 1. The van der Waals surface area contributed by atoms with Crippen LogP contribution in [0.2, 0.25) is 0 Å². The highest BCUT2D eigenvalue weighted by molar-refractivity contribution is 7.99. The Morgan fingerprint density at radius 2 is 2.55 bits per heavy atom. The zero-order valence-corrected chi connectivity index (χ0v) is 7.79. The van der Waals surface area contributed by atoms with Crippen LogP contribution in [0, 0.1) is 0 Å². The number of ether oxygens (including phenoxy) is 1. The zero-order valence-electron chi connectivity index (χ0n) is 6.16. The van der Waals surface area contributed by atoms with E-state index in [0.717, 1.165) is 19.0 Å². The van der Waals surface area contributed by atoms with Gasteiger partial charge < -0.3 is 4.74 Å². The lowest BCUT2D eigenvalue weighted by atomic mass is 10.3. The van der Waals surface area contributed by atoms with Crippen LogP contribution >= 0.6 is 23.1 Å². The highest BCUT2D eigenvalue weighted by atomic mass is 32.2. The second-order valence-corrected chi connectivity index (χ2v) is 4.74. The molecule has 1 aromatic rings. The summed E-state index contributed by atoms with van der Waals surface area (Å²) in [5.74, 6) is 1.14. The molecule has 1 nitrogen and oxygen atoms in total. The lowest BCUT2D eigenvalue weighted by Gasteiger charge is -2.20. The van der Waals surface area contributed by atoms with Gasteiger partial charge in [-0.1, -0.05) is 6.07 Å². The minimum Gasteiger partial charge on any atom is -0.379 e. The van der Waals surface area contributed by atoms with Crippen molar-refractivity contribution in [3.05, 3.63) is 22.4 Å². The summed E-state index contributed by atoms with van der Waals surface area (Å²) in [6.07, 6.45) is 0. The molecule has 3 heteroatoms. The Morgan fingerprint density at radius 1 is 1.55 bits per heavy atom. The van der Waals surface area contributed by atoms with Crippen LogP contribution in [0.1, 0.15) is 10.1 Å². The van der Waals surface area contributed by atoms with Crippen LogP contribution in [-0.2, 0) is 4.74 Å². The molecule has 0 radical (unpaired) electrons. The molecule has 0 aromatic carbocycles. The predicted molar refractivity (Wildman–Crippen MR) is 50.3 cm³/mol. The fraction of sp³-hybridized carbons (Fsp3) is 0.500. The average molecular weight is 186 g/mol. The normalized spacial score (nSPS) is 25.3. The van der Waals surface area contributed by atoms with Gasteiger partial charge in [-0.25, -0.2) is 0 Å². The Hall–Kier alpha value is 0.01000. The Balaban J connectivity index is 2.04. The maximum absolute atomic E-state index is 5.39. The second-order valence-electron chi connectivity index (χ2n) is 2.45. The molecule has 0 amide bonds. The van der Waals surface area contributed by atoms with Crippen molar-refractivity contribution in [2.75, 3.05) is 19.0 Å². The molecule has 0 spiro atoms. The topological polar surface area (TPSA) is 9.23 Å². The fourth-order valence-corrected chi connectivity index (χ4v) is 3.12. The van der Waals surface area contributed by atoms with Gasteiger partial charge >= 0.3 is 0 Å². The van der Waals surface area contributed by atoms with Gasteiger partial charge in [0, 0.05) is 10.6 Å². The minimum absolute atomic E-state index is 0.601. The van der Waals surface area contributed by atoms with Crippen molar-refractivity contribution in [1.82, 2.24) is 0 Å². The fourth-order valence-electron chi connectivity index (χ4n) is 1.13. The van der Waals surface area contributed by atoms with Crippen molar-refractivity contribution in [1.29, 1.82) is 0 Å².